The van der Waals surface area contributed by atoms with Crippen LogP contribution < -0.4 is 0 Å². The number of rotatable bonds is 4. The third kappa shape index (κ3) is 5.34. The Balaban J connectivity index is 1.54. The van der Waals surface area contributed by atoms with Crippen LogP contribution in [-0.2, 0) is 40.0 Å². The molecule has 4 atom stereocenters. The summed E-state index contributed by atoms with van der Waals surface area (Å²) in [5.74, 6) is -1.77. The van der Waals surface area contributed by atoms with E-state index in [1.165, 1.54) is 4.90 Å². The van der Waals surface area contributed by atoms with Gasteiger partial charge in [-0.25, -0.2) is 14.4 Å². The monoisotopic (exact) mass is 476 g/mol. The summed E-state index contributed by atoms with van der Waals surface area (Å²) in [6.45, 7) is 8.90. The van der Waals surface area contributed by atoms with Gasteiger partial charge in [-0.3, -0.25) is 9.69 Å². The first kappa shape index (κ1) is 24.4. The molecule has 0 bridgehead atoms. The van der Waals surface area contributed by atoms with Crippen molar-refractivity contribution in [2.24, 2.45) is 0 Å². The maximum Gasteiger partial charge on any atom is 0.434 e. The fraction of sp³-hybridized carbons (Fsp3) is 0.625. The van der Waals surface area contributed by atoms with Crippen molar-refractivity contribution in [2.75, 3.05) is 6.54 Å². The van der Waals surface area contributed by atoms with Gasteiger partial charge in [0.05, 0.1) is 6.54 Å². The second kappa shape index (κ2) is 9.16. The van der Waals surface area contributed by atoms with Crippen LogP contribution in [0.1, 0.15) is 53.0 Å². The van der Waals surface area contributed by atoms with Gasteiger partial charge >= 0.3 is 12.1 Å². The molecule has 2 amide bonds. The number of fused-ring (bicyclic) bond motifs is 1. The molecule has 0 aliphatic carbocycles. The standard InChI is InChI=1S/C24H32N2O8/c1-23(2,3)33-21(28)16-11-12-18(27)26(16)20-19-17(31-24(4,5)32-19)13-25(34-20)22(29)30-14-15-9-7-6-8-10-15/h6-10,16-17,19-20H,11-14H2,1-5H3/t16-,17-,19-,20-/m0/s1. The zero-order valence-corrected chi connectivity index (χ0v) is 20.2. The van der Waals surface area contributed by atoms with E-state index in [0.717, 1.165) is 10.6 Å². The lowest BCUT2D eigenvalue weighted by Crippen LogP contribution is -2.63. The van der Waals surface area contributed by atoms with Gasteiger partial charge in [0.15, 0.2) is 12.0 Å². The first-order chi connectivity index (χ1) is 15.9. The Labute approximate surface area is 199 Å². The summed E-state index contributed by atoms with van der Waals surface area (Å²) < 4.78 is 23.0. The molecule has 1 aromatic carbocycles. The molecule has 0 N–H and O–H groups in total. The van der Waals surface area contributed by atoms with Crippen LogP contribution in [0.25, 0.3) is 0 Å². The number of hydrogen-bond acceptors (Lipinski definition) is 8. The third-order valence-corrected chi connectivity index (χ3v) is 5.70. The topological polar surface area (TPSA) is 104 Å². The fourth-order valence-electron chi connectivity index (χ4n) is 4.38. The van der Waals surface area contributed by atoms with Gasteiger partial charge in [-0.15, -0.1) is 0 Å². The molecule has 3 heterocycles. The Hall–Kier alpha value is -2.69. The highest BCUT2D eigenvalue weighted by Gasteiger charge is 2.57. The zero-order valence-electron chi connectivity index (χ0n) is 20.2. The number of carbonyl (C=O) groups excluding carboxylic acids is 3. The molecule has 3 fully saturated rings. The predicted molar refractivity (Wildman–Crippen MR) is 118 cm³/mol. The highest BCUT2D eigenvalue weighted by molar-refractivity contribution is 5.88. The molecule has 4 rings (SSSR count). The first-order valence-corrected chi connectivity index (χ1v) is 11.5. The van der Waals surface area contributed by atoms with Gasteiger partial charge in [0.2, 0.25) is 5.91 Å². The van der Waals surface area contributed by atoms with Gasteiger partial charge in [-0.05, 0) is 46.6 Å². The predicted octanol–water partition coefficient (Wildman–Crippen LogP) is 2.75. The molecule has 3 aliphatic heterocycles. The lowest BCUT2D eigenvalue weighted by atomic mass is 10.1. The minimum absolute atomic E-state index is 0.0529. The van der Waals surface area contributed by atoms with Gasteiger partial charge in [0.25, 0.3) is 0 Å². The van der Waals surface area contributed by atoms with Crippen molar-refractivity contribution in [3.8, 4) is 0 Å². The van der Waals surface area contributed by atoms with Crippen molar-refractivity contribution in [3.63, 3.8) is 0 Å². The number of benzene rings is 1. The number of hydroxylamine groups is 2. The van der Waals surface area contributed by atoms with Crippen LogP contribution in [0.15, 0.2) is 30.3 Å². The summed E-state index contributed by atoms with van der Waals surface area (Å²) in [6, 6.07) is 8.40. The van der Waals surface area contributed by atoms with Crippen LogP contribution in [0.5, 0.6) is 0 Å². The molecule has 0 aromatic heterocycles. The quantitative estimate of drug-likeness (QED) is 0.611. The van der Waals surface area contributed by atoms with Gasteiger partial charge in [-0.2, -0.15) is 5.06 Å². The molecule has 3 aliphatic rings. The minimum Gasteiger partial charge on any atom is -0.458 e. The highest BCUT2D eigenvalue weighted by Crippen LogP contribution is 2.38. The van der Waals surface area contributed by atoms with Crippen LogP contribution in [0.3, 0.4) is 0 Å². The molecule has 10 nitrogen and oxygen atoms in total. The van der Waals surface area contributed by atoms with E-state index in [2.05, 4.69) is 0 Å². The van der Waals surface area contributed by atoms with E-state index in [1.807, 2.05) is 30.3 Å². The number of amides is 2. The second-order valence-electron chi connectivity index (χ2n) is 10.1. The first-order valence-electron chi connectivity index (χ1n) is 11.5. The van der Waals surface area contributed by atoms with Crippen LogP contribution in [0.2, 0.25) is 0 Å². The second-order valence-corrected chi connectivity index (χ2v) is 10.1. The van der Waals surface area contributed by atoms with Crippen molar-refractivity contribution in [1.82, 2.24) is 9.96 Å². The van der Waals surface area contributed by atoms with E-state index < -0.39 is 47.9 Å². The molecule has 10 heteroatoms. The van der Waals surface area contributed by atoms with Crippen LogP contribution in [0, 0.1) is 0 Å². The Kier molecular flexibility index (Phi) is 6.58. The minimum atomic E-state index is -1.06. The van der Waals surface area contributed by atoms with Gasteiger partial charge in [-0.1, -0.05) is 30.3 Å². The molecule has 1 aromatic rings. The maximum atomic E-state index is 12.9. The molecule has 3 saturated heterocycles. The fourth-order valence-corrected chi connectivity index (χ4v) is 4.38. The number of ether oxygens (including phenoxy) is 4. The summed E-state index contributed by atoms with van der Waals surface area (Å²) in [5, 5.41) is 1.04. The summed E-state index contributed by atoms with van der Waals surface area (Å²) in [6.07, 6.45) is -2.61. The van der Waals surface area contributed by atoms with Gasteiger partial charge < -0.3 is 18.9 Å². The molecule has 0 spiro atoms. The largest absolute Gasteiger partial charge is 0.458 e. The molecule has 0 unspecified atom stereocenters. The summed E-state index contributed by atoms with van der Waals surface area (Å²) in [7, 11) is 0. The molecule has 34 heavy (non-hydrogen) atoms. The molecular formula is C24H32N2O8. The Bertz CT molecular complexity index is 929. The molecule has 0 radical (unpaired) electrons. The van der Waals surface area contributed by atoms with Crippen molar-refractivity contribution in [1.29, 1.82) is 0 Å². The average molecular weight is 477 g/mol. The normalized spacial score (nSPS) is 28.6. The van der Waals surface area contributed by atoms with Crippen molar-refractivity contribution in [3.05, 3.63) is 35.9 Å². The Morgan fingerprint density at radius 3 is 2.53 bits per heavy atom. The maximum absolute atomic E-state index is 12.9. The van der Waals surface area contributed by atoms with Crippen molar-refractivity contribution in [2.45, 2.75) is 89.9 Å². The molecule has 186 valence electrons. The van der Waals surface area contributed by atoms with E-state index in [4.69, 9.17) is 23.8 Å². The van der Waals surface area contributed by atoms with E-state index in [0.29, 0.717) is 0 Å². The highest BCUT2D eigenvalue weighted by atomic mass is 16.8. The van der Waals surface area contributed by atoms with Gasteiger partial charge in [0, 0.05) is 6.42 Å². The summed E-state index contributed by atoms with van der Waals surface area (Å²) in [5.41, 5.74) is 0.107. The SMILES string of the molecule is CC(C)(C)OC(=O)[C@@H]1CCC(=O)N1[C@H]1ON(C(=O)OCc2ccccc2)C[C@@H]2OC(C)(C)O[C@@H]21. The number of carbonyl (C=O) groups is 3. The summed E-state index contributed by atoms with van der Waals surface area (Å²) in [4.78, 5) is 45.9. The van der Waals surface area contributed by atoms with Gasteiger partial charge in [0.1, 0.15) is 30.5 Å². The van der Waals surface area contributed by atoms with E-state index >= 15 is 0 Å². The van der Waals surface area contributed by atoms with Crippen molar-refractivity contribution >= 4 is 18.0 Å². The van der Waals surface area contributed by atoms with Crippen molar-refractivity contribution < 1.29 is 38.2 Å². The lowest BCUT2D eigenvalue weighted by molar-refractivity contribution is -0.281. The lowest BCUT2D eigenvalue weighted by Gasteiger charge is -2.42. The average Bonchev–Trinajstić information content (AvgIpc) is 3.28. The Morgan fingerprint density at radius 1 is 1.15 bits per heavy atom. The van der Waals surface area contributed by atoms with Crippen LogP contribution >= 0.6 is 0 Å². The van der Waals surface area contributed by atoms with Crippen LogP contribution in [-0.4, -0.2) is 70.3 Å². The Morgan fingerprint density at radius 2 is 1.85 bits per heavy atom. The third-order valence-electron chi connectivity index (χ3n) is 5.70. The number of likely N-dealkylation sites (tertiary alicyclic amines) is 1. The van der Waals surface area contributed by atoms with E-state index in [1.54, 1.807) is 34.6 Å². The molecular weight excluding hydrogens is 444 g/mol. The van der Waals surface area contributed by atoms with Crippen LogP contribution in [0.4, 0.5) is 4.79 Å². The number of esters is 1. The number of hydrogen-bond donors (Lipinski definition) is 0. The zero-order chi connectivity index (χ0) is 24.7. The molecule has 0 saturated carbocycles. The smallest absolute Gasteiger partial charge is 0.434 e. The van der Waals surface area contributed by atoms with E-state index in [-0.39, 0.29) is 31.9 Å². The number of nitrogens with zero attached hydrogens (tertiary/aromatic N) is 2. The van der Waals surface area contributed by atoms with E-state index in [9.17, 15) is 14.4 Å². The summed E-state index contributed by atoms with van der Waals surface area (Å²) >= 11 is 0.